The first kappa shape index (κ1) is 16.3. The predicted octanol–water partition coefficient (Wildman–Crippen LogP) is 3.00. The van der Waals surface area contributed by atoms with Crippen LogP contribution in [0.5, 0.6) is 5.75 Å². The number of urea groups is 1. The van der Waals surface area contributed by atoms with E-state index >= 15 is 0 Å². The molecule has 0 bridgehead atoms. The normalized spacial score (nSPS) is 14.8. The molecule has 2 aromatic rings. The van der Waals surface area contributed by atoms with Crippen LogP contribution in [-0.4, -0.2) is 32.4 Å². The molecule has 0 aliphatic heterocycles. The van der Waals surface area contributed by atoms with E-state index in [0.29, 0.717) is 18.0 Å². The Labute approximate surface area is 142 Å². The summed E-state index contributed by atoms with van der Waals surface area (Å²) in [6.07, 6.45) is 1.61. The van der Waals surface area contributed by atoms with E-state index in [1.165, 1.54) is 11.1 Å². The second kappa shape index (κ2) is 6.93. The van der Waals surface area contributed by atoms with E-state index in [-0.39, 0.29) is 11.6 Å². The molecule has 5 nitrogen and oxygen atoms in total. The summed E-state index contributed by atoms with van der Waals surface area (Å²) < 4.78 is 10.9. The SMILES string of the molecule is COc1cccc(NC(=O)NCC2(OC)Cc3ccccc3C2)c1. The van der Waals surface area contributed by atoms with Gasteiger partial charge in [0.05, 0.1) is 12.7 Å². The van der Waals surface area contributed by atoms with Crippen LogP contribution in [0.3, 0.4) is 0 Å². The minimum atomic E-state index is -0.380. The fraction of sp³-hybridized carbons (Fsp3) is 0.316. The zero-order valence-electron chi connectivity index (χ0n) is 14.0. The second-order valence-electron chi connectivity index (χ2n) is 6.05. The first-order valence-corrected chi connectivity index (χ1v) is 7.95. The number of anilines is 1. The van der Waals surface area contributed by atoms with Crippen LogP contribution in [0.15, 0.2) is 48.5 Å². The number of carbonyl (C=O) groups excluding carboxylic acids is 1. The number of ether oxygens (including phenoxy) is 2. The lowest BCUT2D eigenvalue weighted by Gasteiger charge is -2.27. The summed E-state index contributed by atoms with van der Waals surface area (Å²) >= 11 is 0. The van der Waals surface area contributed by atoms with Gasteiger partial charge in [0.1, 0.15) is 5.75 Å². The number of hydrogen-bond donors (Lipinski definition) is 2. The number of amides is 2. The van der Waals surface area contributed by atoms with Gasteiger partial charge in [-0.3, -0.25) is 0 Å². The molecule has 5 heteroatoms. The van der Waals surface area contributed by atoms with Crippen molar-refractivity contribution in [1.29, 1.82) is 0 Å². The van der Waals surface area contributed by atoms with E-state index in [1.54, 1.807) is 20.3 Å². The van der Waals surface area contributed by atoms with Crippen LogP contribution >= 0.6 is 0 Å². The van der Waals surface area contributed by atoms with E-state index in [0.717, 1.165) is 12.8 Å². The van der Waals surface area contributed by atoms with Crippen LogP contribution < -0.4 is 15.4 Å². The first-order chi connectivity index (χ1) is 11.6. The molecule has 24 heavy (non-hydrogen) atoms. The standard InChI is InChI=1S/C19H22N2O3/c1-23-17-9-5-8-16(10-17)21-18(22)20-13-19(24-2)11-14-6-3-4-7-15(14)12-19/h3-10H,11-13H2,1-2H3,(H2,20,21,22). The molecule has 0 heterocycles. The molecule has 0 saturated carbocycles. The lowest BCUT2D eigenvalue weighted by molar-refractivity contribution is 0.00208. The molecule has 2 aromatic carbocycles. The Balaban J connectivity index is 1.59. The number of methoxy groups -OCH3 is 2. The predicted molar refractivity (Wildman–Crippen MR) is 93.6 cm³/mol. The zero-order valence-corrected chi connectivity index (χ0v) is 14.0. The van der Waals surface area contributed by atoms with Crippen molar-refractivity contribution in [3.8, 4) is 5.75 Å². The number of hydrogen-bond acceptors (Lipinski definition) is 3. The lowest BCUT2D eigenvalue weighted by atomic mass is 10.0. The fourth-order valence-electron chi connectivity index (χ4n) is 3.12. The molecule has 0 aromatic heterocycles. The Morgan fingerprint density at radius 1 is 1.08 bits per heavy atom. The van der Waals surface area contributed by atoms with Crippen LogP contribution in [0.25, 0.3) is 0 Å². The third-order valence-corrected chi connectivity index (χ3v) is 4.48. The summed E-state index contributed by atoms with van der Waals surface area (Å²) in [7, 11) is 3.30. The molecule has 0 fully saturated rings. The molecule has 126 valence electrons. The van der Waals surface area contributed by atoms with Crippen LogP contribution in [0.4, 0.5) is 10.5 Å². The summed E-state index contributed by atoms with van der Waals surface area (Å²) in [5.41, 5.74) is 2.88. The molecule has 2 amide bonds. The Bertz CT molecular complexity index is 705. The molecule has 1 aliphatic rings. The van der Waals surface area contributed by atoms with Gasteiger partial charge in [-0.25, -0.2) is 4.79 Å². The molecule has 0 atom stereocenters. The topological polar surface area (TPSA) is 59.6 Å². The fourth-order valence-corrected chi connectivity index (χ4v) is 3.12. The van der Waals surface area contributed by atoms with Crippen LogP contribution in [0.2, 0.25) is 0 Å². The third-order valence-electron chi connectivity index (χ3n) is 4.48. The van der Waals surface area contributed by atoms with Gasteiger partial charge in [-0.15, -0.1) is 0 Å². The minimum absolute atomic E-state index is 0.254. The van der Waals surface area contributed by atoms with E-state index < -0.39 is 0 Å². The van der Waals surface area contributed by atoms with Crippen molar-refractivity contribution in [3.05, 3.63) is 59.7 Å². The molecule has 0 radical (unpaired) electrons. The third kappa shape index (κ3) is 3.51. The quantitative estimate of drug-likeness (QED) is 0.888. The summed E-state index contributed by atoms with van der Waals surface area (Å²) in [5, 5.41) is 5.74. The second-order valence-corrected chi connectivity index (χ2v) is 6.05. The van der Waals surface area contributed by atoms with Gasteiger partial charge >= 0.3 is 6.03 Å². The monoisotopic (exact) mass is 326 g/mol. The highest BCUT2D eigenvalue weighted by Gasteiger charge is 2.37. The van der Waals surface area contributed by atoms with Gasteiger partial charge in [-0.05, 0) is 23.3 Å². The van der Waals surface area contributed by atoms with Gasteiger partial charge in [0, 0.05) is 38.2 Å². The van der Waals surface area contributed by atoms with Crippen molar-refractivity contribution in [3.63, 3.8) is 0 Å². The molecule has 0 saturated heterocycles. The van der Waals surface area contributed by atoms with E-state index in [4.69, 9.17) is 9.47 Å². The number of carbonyl (C=O) groups is 1. The molecule has 0 spiro atoms. The van der Waals surface area contributed by atoms with Crippen molar-refractivity contribution < 1.29 is 14.3 Å². The van der Waals surface area contributed by atoms with E-state index in [9.17, 15) is 4.79 Å². The highest BCUT2D eigenvalue weighted by Crippen LogP contribution is 2.32. The highest BCUT2D eigenvalue weighted by atomic mass is 16.5. The number of fused-ring (bicyclic) bond motifs is 1. The van der Waals surface area contributed by atoms with Crippen molar-refractivity contribution >= 4 is 11.7 Å². The minimum Gasteiger partial charge on any atom is -0.497 e. The number of benzene rings is 2. The number of rotatable bonds is 5. The first-order valence-electron chi connectivity index (χ1n) is 7.95. The molecule has 0 unspecified atom stereocenters. The van der Waals surface area contributed by atoms with E-state index in [2.05, 4.69) is 22.8 Å². The van der Waals surface area contributed by atoms with Crippen molar-refractivity contribution in [2.24, 2.45) is 0 Å². The molecular formula is C19H22N2O3. The summed E-state index contributed by atoms with van der Waals surface area (Å²) in [6, 6.07) is 15.3. The van der Waals surface area contributed by atoms with Crippen molar-refractivity contribution in [1.82, 2.24) is 5.32 Å². The van der Waals surface area contributed by atoms with Gasteiger partial charge < -0.3 is 20.1 Å². The van der Waals surface area contributed by atoms with Crippen LogP contribution in [-0.2, 0) is 17.6 Å². The maximum Gasteiger partial charge on any atom is 0.319 e. The molecule has 2 N–H and O–H groups in total. The molecule has 1 aliphatic carbocycles. The number of nitrogens with one attached hydrogen (secondary N) is 2. The van der Waals surface area contributed by atoms with Crippen LogP contribution in [0, 0.1) is 0 Å². The zero-order chi connectivity index (χ0) is 17.0. The van der Waals surface area contributed by atoms with Gasteiger partial charge in [0.15, 0.2) is 0 Å². The lowest BCUT2D eigenvalue weighted by Crippen LogP contribution is -2.46. The van der Waals surface area contributed by atoms with Crippen LogP contribution in [0.1, 0.15) is 11.1 Å². The maximum atomic E-state index is 12.2. The molecular weight excluding hydrogens is 304 g/mol. The van der Waals surface area contributed by atoms with E-state index in [1.807, 2.05) is 30.3 Å². The van der Waals surface area contributed by atoms with Gasteiger partial charge in [0.25, 0.3) is 0 Å². The van der Waals surface area contributed by atoms with Crippen molar-refractivity contribution in [2.45, 2.75) is 18.4 Å². The van der Waals surface area contributed by atoms with Gasteiger partial charge in [-0.2, -0.15) is 0 Å². The Morgan fingerprint density at radius 3 is 2.42 bits per heavy atom. The Morgan fingerprint density at radius 2 is 1.79 bits per heavy atom. The Kier molecular flexibility index (Phi) is 4.71. The summed E-state index contributed by atoms with van der Waals surface area (Å²) in [5.74, 6) is 0.701. The smallest absolute Gasteiger partial charge is 0.319 e. The summed E-state index contributed by atoms with van der Waals surface area (Å²) in [4.78, 5) is 12.2. The maximum absolute atomic E-state index is 12.2. The van der Waals surface area contributed by atoms with Gasteiger partial charge in [0.2, 0.25) is 0 Å². The Hall–Kier alpha value is -2.53. The average molecular weight is 326 g/mol. The van der Waals surface area contributed by atoms with Crippen molar-refractivity contribution in [2.75, 3.05) is 26.1 Å². The largest absolute Gasteiger partial charge is 0.497 e. The average Bonchev–Trinajstić information content (AvgIpc) is 2.99. The molecule has 3 rings (SSSR count). The highest BCUT2D eigenvalue weighted by molar-refractivity contribution is 5.89. The van der Waals surface area contributed by atoms with Gasteiger partial charge in [-0.1, -0.05) is 30.3 Å². The summed E-state index contributed by atoms with van der Waals surface area (Å²) in [6.45, 7) is 0.452.